The van der Waals surface area contributed by atoms with Crippen molar-refractivity contribution in [3.8, 4) is 5.75 Å². The summed E-state index contributed by atoms with van der Waals surface area (Å²) in [4.78, 5) is 24.6. The first-order chi connectivity index (χ1) is 13.5. The maximum absolute atomic E-state index is 12.6. The van der Waals surface area contributed by atoms with E-state index in [1.54, 1.807) is 55.6 Å². The van der Waals surface area contributed by atoms with Gasteiger partial charge in [0.2, 0.25) is 0 Å². The fourth-order valence-corrected chi connectivity index (χ4v) is 2.71. The number of aryl methyl sites for hydroxylation is 2. The molecule has 2 amide bonds. The third-order valence-electron chi connectivity index (χ3n) is 4.31. The highest BCUT2D eigenvalue weighted by molar-refractivity contribution is 6.09. The van der Waals surface area contributed by atoms with Crippen LogP contribution in [0.4, 0.5) is 5.69 Å². The molecule has 0 radical (unpaired) electrons. The SMILES string of the molecule is CNC(=O)c1ccccc1NC(=O)c1cccc(OCc2c(C)noc2C)c1. The zero-order valence-corrected chi connectivity index (χ0v) is 15.9. The number of benzene rings is 2. The van der Waals surface area contributed by atoms with Crippen LogP contribution in [0.2, 0.25) is 0 Å². The molecule has 2 N–H and O–H groups in total. The second kappa shape index (κ2) is 8.39. The quantitative estimate of drug-likeness (QED) is 0.684. The number of carbonyl (C=O) groups is 2. The van der Waals surface area contributed by atoms with E-state index >= 15 is 0 Å². The van der Waals surface area contributed by atoms with Gasteiger partial charge < -0.3 is 19.9 Å². The van der Waals surface area contributed by atoms with E-state index in [1.165, 1.54) is 0 Å². The summed E-state index contributed by atoms with van der Waals surface area (Å²) in [5.74, 6) is 0.649. The number of para-hydroxylation sites is 1. The number of aromatic nitrogens is 1. The van der Waals surface area contributed by atoms with Crippen molar-refractivity contribution >= 4 is 17.5 Å². The van der Waals surface area contributed by atoms with Gasteiger partial charge in [0.1, 0.15) is 18.1 Å². The molecule has 0 atom stereocenters. The molecule has 0 saturated heterocycles. The van der Waals surface area contributed by atoms with Crippen molar-refractivity contribution in [3.05, 3.63) is 76.7 Å². The van der Waals surface area contributed by atoms with Gasteiger partial charge in [-0.05, 0) is 44.2 Å². The molecule has 1 aromatic heterocycles. The van der Waals surface area contributed by atoms with E-state index < -0.39 is 0 Å². The van der Waals surface area contributed by atoms with E-state index in [0.29, 0.717) is 34.9 Å². The molecule has 1 heterocycles. The average Bonchev–Trinajstić information content (AvgIpc) is 3.04. The molecule has 7 heteroatoms. The fourth-order valence-electron chi connectivity index (χ4n) is 2.71. The van der Waals surface area contributed by atoms with E-state index in [9.17, 15) is 9.59 Å². The van der Waals surface area contributed by atoms with Gasteiger partial charge in [-0.15, -0.1) is 0 Å². The van der Waals surface area contributed by atoms with Crippen LogP contribution in [0.5, 0.6) is 5.75 Å². The van der Waals surface area contributed by atoms with Crippen LogP contribution < -0.4 is 15.4 Å². The number of amides is 2. The number of anilines is 1. The summed E-state index contributed by atoms with van der Waals surface area (Å²) < 4.78 is 10.9. The van der Waals surface area contributed by atoms with Gasteiger partial charge in [0.05, 0.1) is 22.5 Å². The summed E-state index contributed by atoms with van der Waals surface area (Å²) in [6.45, 7) is 3.97. The minimum atomic E-state index is -0.334. The van der Waals surface area contributed by atoms with Gasteiger partial charge in [0, 0.05) is 12.6 Å². The number of rotatable bonds is 6. The Hall–Kier alpha value is -3.61. The molecule has 2 aromatic carbocycles. The molecule has 0 bridgehead atoms. The number of nitrogens with one attached hydrogen (secondary N) is 2. The highest BCUT2D eigenvalue weighted by atomic mass is 16.5. The molecule has 0 aliphatic rings. The minimum absolute atomic E-state index is 0.271. The van der Waals surface area contributed by atoms with Crippen molar-refractivity contribution in [2.75, 3.05) is 12.4 Å². The largest absolute Gasteiger partial charge is 0.489 e. The molecule has 0 aliphatic carbocycles. The van der Waals surface area contributed by atoms with E-state index in [1.807, 2.05) is 13.8 Å². The average molecular weight is 379 g/mol. The molecule has 0 saturated carbocycles. The van der Waals surface area contributed by atoms with E-state index in [-0.39, 0.29) is 11.8 Å². The van der Waals surface area contributed by atoms with Crippen LogP contribution in [0.1, 0.15) is 37.7 Å². The van der Waals surface area contributed by atoms with Crippen molar-refractivity contribution in [2.24, 2.45) is 0 Å². The van der Waals surface area contributed by atoms with Crippen molar-refractivity contribution in [1.82, 2.24) is 10.5 Å². The van der Waals surface area contributed by atoms with Crippen LogP contribution in [0.25, 0.3) is 0 Å². The van der Waals surface area contributed by atoms with Gasteiger partial charge in [-0.1, -0.05) is 23.4 Å². The number of nitrogens with zero attached hydrogens (tertiary/aromatic N) is 1. The van der Waals surface area contributed by atoms with Gasteiger partial charge >= 0.3 is 0 Å². The summed E-state index contributed by atoms with van der Waals surface area (Å²) in [7, 11) is 1.54. The highest BCUT2D eigenvalue weighted by Crippen LogP contribution is 2.20. The van der Waals surface area contributed by atoms with E-state index in [2.05, 4.69) is 15.8 Å². The van der Waals surface area contributed by atoms with Gasteiger partial charge in [-0.2, -0.15) is 0 Å². The Bertz CT molecular complexity index is 991. The van der Waals surface area contributed by atoms with Crippen LogP contribution in [-0.4, -0.2) is 24.0 Å². The summed E-state index contributed by atoms with van der Waals surface area (Å²) in [5, 5.41) is 9.24. The molecule has 3 rings (SSSR count). The predicted molar refractivity (Wildman–Crippen MR) is 105 cm³/mol. The van der Waals surface area contributed by atoms with Gasteiger partial charge in [-0.3, -0.25) is 9.59 Å². The summed E-state index contributed by atoms with van der Waals surface area (Å²) in [6.07, 6.45) is 0. The molecule has 3 aromatic rings. The molecule has 0 fully saturated rings. The number of hydrogen-bond acceptors (Lipinski definition) is 5. The Labute approximate surface area is 162 Å². The van der Waals surface area contributed by atoms with Crippen molar-refractivity contribution in [3.63, 3.8) is 0 Å². The number of hydrogen-bond donors (Lipinski definition) is 2. The molecule has 0 unspecified atom stereocenters. The maximum Gasteiger partial charge on any atom is 0.255 e. The normalized spacial score (nSPS) is 10.4. The third kappa shape index (κ3) is 4.20. The highest BCUT2D eigenvalue weighted by Gasteiger charge is 2.14. The standard InChI is InChI=1S/C21H21N3O4/c1-13-18(14(2)28-24-13)12-27-16-8-6-7-15(11-16)20(25)23-19-10-5-4-9-17(19)21(26)22-3/h4-11H,12H2,1-3H3,(H,22,26)(H,23,25). The van der Waals surface area contributed by atoms with Crippen LogP contribution in [-0.2, 0) is 6.61 Å². The summed E-state index contributed by atoms with van der Waals surface area (Å²) in [6, 6.07) is 13.7. The maximum atomic E-state index is 12.6. The van der Waals surface area contributed by atoms with Crippen molar-refractivity contribution in [2.45, 2.75) is 20.5 Å². The van der Waals surface area contributed by atoms with E-state index in [4.69, 9.17) is 9.26 Å². The molecule has 0 spiro atoms. The Balaban J connectivity index is 1.73. The summed E-state index contributed by atoms with van der Waals surface area (Å²) in [5.41, 5.74) is 2.91. The predicted octanol–water partition coefficient (Wildman–Crippen LogP) is 3.48. The minimum Gasteiger partial charge on any atom is -0.489 e. The topological polar surface area (TPSA) is 93.5 Å². The van der Waals surface area contributed by atoms with Crippen molar-refractivity contribution in [1.29, 1.82) is 0 Å². The number of carbonyl (C=O) groups excluding carboxylic acids is 2. The first-order valence-electron chi connectivity index (χ1n) is 8.76. The Morgan fingerprint density at radius 2 is 1.86 bits per heavy atom. The van der Waals surface area contributed by atoms with Crippen LogP contribution >= 0.6 is 0 Å². The lowest BCUT2D eigenvalue weighted by atomic mass is 10.1. The summed E-state index contributed by atoms with van der Waals surface area (Å²) >= 11 is 0. The Morgan fingerprint density at radius 3 is 2.57 bits per heavy atom. The lowest BCUT2D eigenvalue weighted by Gasteiger charge is -2.11. The Kier molecular flexibility index (Phi) is 5.74. The fraction of sp³-hybridized carbons (Fsp3) is 0.190. The molecule has 28 heavy (non-hydrogen) atoms. The molecule has 0 aliphatic heterocycles. The molecule has 144 valence electrons. The van der Waals surface area contributed by atoms with Crippen LogP contribution in [0.15, 0.2) is 53.1 Å². The first kappa shape index (κ1) is 19.2. The third-order valence-corrected chi connectivity index (χ3v) is 4.31. The second-order valence-electron chi connectivity index (χ2n) is 6.20. The molecule has 7 nitrogen and oxygen atoms in total. The lowest BCUT2D eigenvalue weighted by Crippen LogP contribution is -2.21. The smallest absolute Gasteiger partial charge is 0.255 e. The Morgan fingerprint density at radius 1 is 1.07 bits per heavy atom. The van der Waals surface area contributed by atoms with Gasteiger partial charge in [0.15, 0.2) is 0 Å². The van der Waals surface area contributed by atoms with Crippen molar-refractivity contribution < 1.29 is 18.8 Å². The van der Waals surface area contributed by atoms with Crippen LogP contribution in [0.3, 0.4) is 0 Å². The zero-order valence-electron chi connectivity index (χ0n) is 15.9. The number of ether oxygens (including phenoxy) is 1. The molecular formula is C21H21N3O4. The monoisotopic (exact) mass is 379 g/mol. The van der Waals surface area contributed by atoms with Gasteiger partial charge in [0.25, 0.3) is 11.8 Å². The zero-order chi connectivity index (χ0) is 20.1. The lowest BCUT2D eigenvalue weighted by molar-refractivity contribution is 0.0964. The molecular weight excluding hydrogens is 358 g/mol. The second-order valence-corrected chi connectivity index (χ2v) is 6.20. The van der Waals surface area contributed by atoms with Crippen LogP contribution in [0, 0.1) is 13.8 Å². The van der Waals surface area contributed by atoms with Gasteiger partial charge in [-0.25, -0.2) is 0 Å². The first-order valence-corrected chi connectivity index (χ1v) is 8.76. The van der Waals surface area contributed by atoms with E-state index in [0.717, 1.165) is 11.3 Å².